The summed E-state index contributed by atoms with van der Waals surface area (Å²) in [6.45, 7) is 0.699. The molecule has 2 aromatic rings. The maximum Gasteiger partial charge on any atom is 0.240 e. The number of anilines is 1. The molecule has 0 atom stereocenters. The third-order valence-corrected chi connectivity index (χ3v) is 4.46. The van der Waals surface area contributed by atoms with Crippen LogP contribution >= 0.6 is 11.6 Å². The minimum absolute atomic E-state index is 0.0360. The Kier molecular flexibility index (Phi) is 6.02. The van der Waals surface area contributed by atoms with Crippen molar-refractivity contribution >= 4 is 35.3 Å². The number of amides is 2. The molecule has 5 nitrogen and oxygen atoms in total. The predicted molar refractivity (Wildman–Crippen MR) is 104 cm³/mol. The largest absolute Gasteiger partial charge is 0.312 e. The topological polar surface area (TPSA) is 61.8 Å². The van der Waals surface area contributed by atoms with Gasteiger partial charge in [0, 0.05) is 30.1 Å². The van der Waals surface area contributed by atoms with E-state index in [-0.39, 0.29) is 24.7 Å². The molecule has 6 heteroatoms. The van der Waals surface area contributed by atoms with Gasteiger partial charge in [0.05, 0.1) is 6.21 Å². The van der Waals surface area contributed by atoms with Crippen molar-refractivity contribution in [2.24, 2.45) is 5.10 Å². The molecule has 0 aromatic heterocycles. The molecule has 134 valence electrons. The first-order valence-corrected chi connectivity index (χ1v) is 8.97. The van der Waals surface area contributed by atoms with Gasteiger partial charge in [0.25, 0.3) is 0 Å². The highest BCUT2D eigenvalue weighted by Crippen LogP contribution is 2.27. The molecule has 0 spiro atoms. The van der Waals surface area contributed by atoms with Crippen LogP contribution in [0.25, 0.3) is 0 Å². The van der Waals surface area contributed by atoms with E-state index in [9.17, 15) is 9.59 Å². The summed E-state index contributed by atoms with van der Waals surface area (Å²) in [7, 11) is 0. The van der Waals surface area contributed by atoms with Gasteiger partial charge in [0.1, 0.15) is 0 Å². The van der Waals surface area contributed by atoms with E-state index >= 15 is 0 Å². The Morgan fingerprint density at radius 2 is 2.00 bits per heavy atom. The van der Waals surface area contributed by atoms with Gasteiger partial charge in [-0.2, -0.15) is 5.10 Å². The molecular formula is C20H20ClN3O2. The lowest BCUT2D eigenvalue weighted by molar-refractivity contribution is -0.125. The molecule has 1 heterocycles. The Hall–Kier alpha value is -2.66. The quantitative estimate of drug-likeness (QED) is 0.647. The summed E-state index contributed by atoms with van der Waals surface area (Å²) in [6, 6.07) is 15.1. The first-order chi connectivity index (χ1) is 12.6. The summed E-state index contributed by atoms with van der Waals surface area (Å²) < 4.78 is 0. The summed E-state index contributed by atoms with van der Waals surface area (Å²) in [5.41, 5.74) is 5.38. The zero-order valence-corrected chi connectivity index (χ0v) is 15.1. The van der Waals surface area contributed by atoms with Crippen LogP contribution in [0.4, 0.5) is 5.69 Å². The Balaban J connectivity index is 1.50. The molecule has 1 N–H and O–H groups in total. The van der Waals surface area contributed by atoms with Gasteiger partial charge in [0.2, 0.25) is 11.8 Å². The highest BCUT2D eigenvalue weighted by atomic mass is 35.5. The Bertz CT molecular complexity index is 835. The standard InChI is InChI=1S/C20H20ClN3O2/c21-17-8-3-5-15(13-17)14-22-23-19(25)10-11-20(26)24-12-4-7-16-6-1-2-9-18(16)24/h1-3,5-6,8-9,13-14H,4,7,10-12H2,(H,23,25)/b22-14+. The van der Waals surface area contributed by atoms with Gasteiger partial charge in [0.15, 0.2) is 0 Å². The van der Waals surface area contributed by atoms with E-state index < -0.39 is 0 Å². The van der Waals surface area contributed by atoms with Crippen LogP contribution in [0.1, 0.15) is 30.4 Å². The Morgan fingerprint density at radius 1 is 1.15 bits per heavy atom. The molecule has 1 aliphatic rings. The fourth-order valence-electron chi connectivity index (χ4n) is 2.97. The van der Waals surface area contributed by atoms with Crippen molar-refractivity contribution in [3.05, 3.63) is 64.7 Å². The van der Waals surface area contributed by atoms with Crippen LogP contribution in [-0.2, 0) is 16.0 Å². The minimum atomic E-state index is -0.290. The smallest absolute Gasteiger partial charge is 0.240 e. The van der Waals surface area contributed by atoms with Crippen LogP contribution in [0.3, 0.4) is 0 Å². The summed E-state index contributed by atoms with van der Waals surface area (Å²) in [4.78, 5) is 26.2. The number of carbonyl (C=O) groups is 2. The molecule has 0 unspecified atom stereocenters. The number of hydrogen-bond donors (Lipinski definition) is 1. The highest BCUT2D eigenvalue weighted by Gasteiger charge is 2.22. The number of rotatable bonds is 5. The maximum absolute atomic E-state index is 12.5. The molecule has 3 rings (SSSR count). The monoisotopic (exact) mass is 369 g/mol. The van der Waals surface area contributed by atoms with Crippen LogP contribution in [0, 0.1) is 0 Å². The normalized spacial score (nSPS) is 13.5. The average molecular weight is 370 g/mol. The zero-order valence-electron chi connectivity index (χ0n) is 14.3. The van der Waals surface area contributed by atoms with Crippen molar-refractivity contribution in [2.75, 3.05) is 11.4 Å². The number of halogens is 1. The van der Waals surface area contributed by atoms with Crippen molar-refractivity contribution in [1.82, 2.24) is 5.43 Å². The van der Waals surface area contributed by atoms with Crippen molar-refractivity contribution in [1.29, 1.82) is 0 Å². The summed E-state index contributed by atoms with van der Waals surface area (Å²) in [6.07, 6.45) is 3.71. The number of fused-ring (bicyclic) bond motifs is 1. The molecule has 2 amide bonds. The summed E-state index contributed by atoms with van der Waals surface area (Å²) in [5.74, 6) is -0.326. The van der Waals surface area contributed by atoms with Gasteiger partial charge in [-0.1, -0.05) is 41.9 Å². The second-order valence-corrected chi connectivity index (χ2v) is 6.56. The van der Waals surface area contributed by atoms with E-state index in [1.807, 2.05) is 30.3 Å². The third-order valence-electron chi connectivity index (χ3n) is 4.23. The number of nitrogens with zero attached hydrogens (tertiary/aromatic N) is 2. The lowest BCUT2D eigenvalue weighted by Crippen LogP contribution is -2.36. The van der Waals surface area contributed by atoms with Crippen LogP contribution in [-0.4, -0.2) is 24.6 Å². The molecule has 2 aromatic carbocycles. The zero-order chi connectivity index (χ0) is 18.4. The van der Waals surface area contributed by atoms with E-state index in [1.54, 1.807) is 23.1 Å². The lowest BCUT2D eigenvalue weighted by atomic mass is 10.0. The van der Waals surface area contributed by atoms with Gasteiger partial charge >= 0.3 is 0 Å². The van der Waals surface area contributed by atoms with Crippen LogP contribution in [0.2, 0.25) is 5.02 Å². The lowest BCUT2D eigenvalue weighted by Gasteiger charge is -2.29. The van der Waals surface area contributed by atoms with E-state index in [0.29, 0.717) is 11.6 Å². The third kappa shape index (κ3) is 4.70. The maximum atomic E-state index is 12.5. The number of carbonyl (C=O) groups excluding carboxylic acids is 2. The van der Waals surface area contributed by atoms with Crippen molar-refractivity contribution < 1.29 is 9.59 Å². The number of benzene rings is 2. The number of hydrogen-bond acceptors (Lipinski definition) is 3. The number of hydrazone groups is 1. The molecule has 0 radical (unpaired) electrons. The van der Waals surface area contributed by atoms with E-state index in [2.05, 4.69) is 10.5 Å². The van der Waals surface area contributed by atoms with Crippen molar-refractivity contribution in [2.45, 2.75) is 25.7 Å². The summed E-state index contributed by atoms with van der Waals surface area (Å²) in [5, 5.41) is 4.51. The predicted octanol–water partition coefficient (Wildman–Crippen LogP) is 3.55. The number of aryl methyl sites for hydroxylation is 1. The fourth-order valence-corrected chi connectivity index (χ4v) is 3.17. The van der Waals surface area contributed by atoms with Crippen molar-refractivity contribution in [3.63, 3.8) is 0 Å². The second kappa shape index (κ2) is 8.63. The molecule has 0 bridgehead atoms. The van der Waals surface area contributed by atoms with Crippen LogP contribution in [0.5, 0.6) is 0 Å². The van der Waals surface area contributed by atoms with Crippen LogP contribution in [0.15, 0.2) is 53.6 Å². The fraction of sp³-hybridized carbons (Fsp3) is 0.250. The molecule has 0 aliphatic carbocycles. The van der Waals surface area contributed by atoms with Gasteiger partial charge in [-0.25, -0.2) is 5.43 Å². The van der Waals surface area contributed by atoms with Gasteiger partial charge < -0.3 is 4.90 Å². The van der Waals surface area contributed by atoms with E-state index in [0.717, 1.165) is 24.1 Å². The molecule has 0 fully saturated rings. The van der Waals surface area contributed by atoms with Gasteiger partial charge in [-0.15, -0.1) is 0 Å². The van der Waals surface area contributed by atoms with E-state index in [1.165, 1.54) is 11.8 Å². The highest BCUT2D eigenvalue weighted by molar-refractivity contribution is 6.30. The van der Waals surface area contributed by atoms with Crippen molar-refractivity contribution in [3.8, 4) is 0 Å². The molecule has 0 saturated carbocycles. The SMILES string of the molecule is O=C(CCC(=O)N1CCCc2ccccc21)N/N=C/c1cccc(Cl)c1. The molecular weight excluding hydrogens is 350 g/mol. The number of nitrogens with one attached hydrogen (secondary N) is 1. The van der Waals surface area contributed by atoms with Gasteiger partial charge in [-0.05, 0) is 42.2 Å². The first kappa shape index (κ1) is 18.1. The molecule has 26 heavy (non-hydrogen) atoms. The Labute approximate surface area is 157 Å². The molecule has 1 aliphatic heterocycles. The van der Waals surface area contributed by atoms with Gasteiger partial charge in [-0.3, -0.25) is 9.59 Å². The molecule has 0 saturated heterocycles. The Morgan fingerprint density at radius 3 is 2.85 bits per heavy atom. The van der Waals surface area contributed by atoms with E-state index in [4.69, 9.17) is 11.6 Å². The summed E-state index contributed by atoms with van der Waals surface area (Å²) >= 11 is 5.89. The number of para-hydroxylation sites is 1. The minimum Gasteiger partial charge on any atom is -0.312 e. The average Bonchev–Trinajstić information content (AvgIpc) is 2.66. The van der Waals surface area contributed by atoms with Crippen LogP contribution < -0.4 is 10.3 Å². The first-order valence-electron chi connectivity index (χ1n) is 8.59. The second-order valence-electron chi connectivity index (χ2n) is 6.13.